The Morgan fingerprint density at radius 2 is 2.12 bits per heavy atom. The standard InChI is InChI=1S/C18H19ClN4O2/c1-18(6-7-20)10-23(17-15(18)16(19)21-11-22-17)9-12-4-5-13(24-2)8-14(12)25-3/h4-5,8,11H,6,9-10H2,1-3H3. The zero-order valence-corrected chi connectivity index (χ0v) is 15.2. The highest BCUT2D eigenvalue weighted by atomic mass is 35.5. The SMILES string of the molecule is COc1ccc(CN2CC(C)(CC#N)c3c(Cl)ncnc32)c(OC)c1. The van der Waals surface area contributed by atoms with E-state index in [4.69, 9.17) is 21.1 Å². The van der Waals surface area contributed by atoms with Gasteiger partial charge in [0.15, 0.2) is 0 Å². The van der Waals surface area contributed by atoms with Crippen molar-refractivity contribution >= 4 is 17.4 Å². The second kappa shape index (κ2) is 6.77. The van der Waals surface area contributed by atoms with Gasteiger partial charge in [0.1, 0.15) is 28.8 Å². The molecule has 1 unspecified atom stereocenters. The maximum absolute atomic E-state index is 9.24. The molecule has 0 saturated heterocycles. The molecule has 2 heterocycles. The van der Waals surface area contributed by atoms with E-state index in [0.717, 1.165) is 28.4 Å². The zero-order valence-electron chi connectivity index (χ0n) is 14.4. The summed E-state index contributed by atoms with van der Waals surface area (Å²) in [7, 11) is 3.26. The molecule has 0 bridgehead atoms. The smallest absolute Gasteiger partial charge is 0.138 e. The Morgan fingerprint density at radius 3 is 2.80 bits per heavy atom. The Labute approximate surface area is 152 Å². The van der Waals surface area contributed by atoms with Crippen LogP contribution in [0.15, 0.2) is 24.5 Å². The first-order chi connectivity index (χ1) is 12.0. The summed E-state index contributed by atoms with van der Waals surface area (Å²) in [5, 5.41) is 9.65. The number of fused-ring (bicyclic) bond motifs is 1. The van der Waals surface area contributed by atoms with Crippen LogP contribution in [0.2, 0.25) is 5.15 Å². The average molecular weight is 359 g/mol. The number of anilines is 1. The van der Waals surface area contributed by atoms with Crippen LogP contribution in [0.25, 0.3) is 0 Å². The third kappa shape index (κ3) is 3.08. The van der Waals surface area contributed by atoms with E-state index >= 15 is 0 Å². The number of nitriles is 1. The van der Waals surface area contributed by atoms with Crippen molar-refractivity contribution in [1.82, 2.24) is 9.97 Å². The summed E-state index contributed by atoms with van der Waals surface area (Å²) in [5.41, 5.74) is 1.44. The maximum atomic E-state index is 9.24. The zero-order chi connectivity index (χ0) is 18.0. The molecule has 1 aromatic carbocycles. The number of hydrogen-bond acceptors (Lipinski definition) is 6. The first-order valence-corrected chi connectivity index (χ1v) is 8.24. The van der Waals surface area contributed by atoms with E-state index in [1.807, 2.05) is 25.1 Å². The van der Waals surface area contributed by atoms with Gasteiger partial charge >= 0.3 is 0 Å². The predicted molar refractivity (Wildman–Crippen MR) is 95.2 cm³/mol. The van der Waals surface area contributed by atoms with Gasteiger partial charge in [-0.1, -0.05) is 18.5 Å². The van der Waals surface area contributed by atoms with Crippen molar-refractivity contribution < 1.29 is 9.47 Å². The van der Waals surface area contributed by atoms with Crippen molar-refractivity contribution in [2.24, 2.45) is 0 Å². The van der Waals surface area contributed by atoms with Crippen LogP contribution >= 0.6 is 11.6 Å². The number of aromatic nitrogens is 2. The molecule has 0 spiro atoms. The Kier molecular flexibility index (Phi) is 4.69. The summed E-state index contributed by atoms with van der Waals surface area (Å²) >= 11 is 6.33. The van der Waals surface area contributed by atoms with Gasteiger partial charge in [-0.25, -0.2) is 9.97 Å². The van der Waals surface area contributed by atoms with Gasteiger partial charge in [0.2, 0.25) is 0 Å². The van der Waals surface area contributed by atoms with E-state index in [1.54, 1.807) is 14.2 Å². The molecule has 0 N–H and O–H groups in total. The van der Waals surface area contributed by atoms with Gasteiger partial charge in [-0.3, -0.25) is 0 Å². The summed E-state index contributed by atoms with van der Waals surface area (Å²) in [6, 6.07) is 7.98. The first-order valence-electron chi connectivity index (χ1n) is 7.86. The molecule has 1 aliphatic rings. The van der Waals surface area contributed by atoms with Gasteiger partial charge < -0.3 is 14.4 Å². The molecule has 0 aliphatic carbocycles. The van der Waals surface area contributed by atoms with E-state index < -0.39 is 5.41 Å². The fraction of sp³-hybridized carbons (Fsp3) is 0.389. The van der Waals surface area contributed by atoms with Crippen LogP contribution in [0.4, 0.5) is 5.82 Å². The molecule has 130 valence electrons. The van der Waals surface area contributed by atoms with Crippen molar-refractivity contribution in [2.75, 3.05) is 25.7 Å². The number of ether oxygens (including phenoxy) is 2. The van der Waals surface area contributed by atoms with Gasteiger partial charge in [0, 0.05) is 42.1 Å². The normalized spacial score (nSPS) is 18.6. The van der Waals surface area contributed by atoms with Crippen molar-refractivity contribution in [3.63, 3.8) is 0 Å². The highest BCUT2D eigenvalue weighted by Crippen LogP contribution is 2.45. The van der Waals surface area contributed by atoms with Crippen molar-refractivity contribution in [1.29, 1.82) is 5.26 Å². The Balaban J connectivity index is 1.98. The first kappa shape index (κ1) is 17.3. The quantitative estimate of drug-likeness (QED) is 0.763. The number of hydrogen-bond donors (Lipinski definition) is 0. The van der Waals surface area contributed by atoms with Crippen molar-refractivity contribution in [3.8, 4) is 17.6 Å². The Bertz CT molecular complexity index is 836. The van der Waals surface area contributed by atoms with Crippen LogP contribution < -0.4 is 14.4 Å². The summed E-state index contributed by atoms with van der Waals surface area (Å²) in [4.78, 5) is 10.6. The molecule has 0 amide bonds. The lowest BCUT2D eigenvalue weighted by Gasteiger charge is -2.24. The highest BCUT2D eigenvalue weighted by Gasteiger charge is 2.42. The minimum Gasteiger partial charge on any atom is -0.497 e. The lowest BCUT2D eigenvalue weighted by Crippen LogP contribution is -2.30. The highest BCUT2D eigenvalue weighted by molar-refractivity contribution is 6.30. The third-order valence-electron chi connectivity index (χ3n) is 4.55. The van der Waals surface area contributed by atoms with E-state index in [-0.39, 0.29) is 0 Å². The van der Waals surface area contributed by atoms with Crippen molar-refractivity contribution in [2.45, 2.75) is 25.3 Å². The molecule has 1 atom stereocenters. The minimum absolute atomic E-state index is 0.351. The minimum atomic E-state index is -0.401. The topological polar surface area (TPSA) is 71.3 Å². The van der Waals surface area contributed by atoms with Gasteiger partial charge in [-0.15, -0.1) is 0 Å². The second-order valence-corrected chi connectivity index (χ2v) is 6.65. The van der Waals surface area contributed by atoms with Crippen LogP contribution in [0.3, 0.4) is 0 Å². The van der Waals surface area contributed by atoms with Crippen LogP contribution in [-0.4, -0.2) is 30.7 Å². The molecule has 3 rings (SSSR count). The lowest BCUT2D eigenvalue weighted by molar-refractivity contribution is 0.390. The molecule has 0 saturated carbocycles. The van der Waals surface area contributed by atoms with E-state index in [0.29, 0.717) is 24.7 Å². The largest absolute Gasteiger partial charge is 0.497 e. The molecular formula is C18H19ClN4O2. The van der Waals surface area contributed by atoms with Crippen LogP contribution in [0.1, 0.15) is 24.5 Å². The Morgan fingerprint density at radius 1 is 1.32 bits per heavy atom. The molecule has 2 aromatic rings. The number of rotatable bonds is 5. The molecule has 25 heavy (non-hydrogen) atoms. The summed E-state index contributed by atoms with van der Waals surface area (Å²) in [5.74, 6) is 2.26. The van der Waals surface area contributed by atoms with Gasteiger partial charge in [-0.2, -0.15) is 5.26 Å². The predicted octanol–water partition coefficient (Wildman–Crippen LogP) is 3.34. The average Bonchev–Trinajstić information content (AvgIpc) is 2.89. The molecule has 1 aromatic heterocycles. The van der Waals surface area contributed by atoms with Gasteiger partial charge in [0.25, 0.3) is 0 Å². The monoisotopic (exact) mass is 358 g/mol. The lowest BCUT2D eigenvalue weighted by atomic mass is 9.83. The molecule has 0 fully saturated rings. The number of benzene rings is 1. The van der Waals surface area contributed by atoms with Gasteiger partial charge in [-0.05, 0) is 12.1 Å². The third-order valence-corrected chi connectivity index (χ3v) is 4.84. The second-order valence-electron chi connectivity index (χ2n) is 6.29. The molecular weight excluding hydrogens is 340 g/mol. The van der Waals surface area contributed by atoms with E-state index in [1.165, 1.54) is 6.33 Å². The maximum Gasteiger partial charge on any atom is 0.138 e. The van der Waals surface area contributed by atoms with E-state index in [9.17, 15) is 5.26 Å². The van der Waals surface area contributed by atoms with Crippen molar-refractivity contribution in [3.05, 3.63) is 40.8 Å². The number of nitrogens with zero attached hydrogens (tertiary/aromatic N) is 4. The van der Waals surface area contributed by atoms with E-state index in [2.05, 4.69) is 20.9 Å². The number of halogens is 1. The van der Waals surface area contributed by atoms with Gasteiger partial charge in [0.05, 0.1) is 20.3 Å². The number of methoxy groups -OCH3 is 2. The molecule has 6 nitrogen and oxygen atoms in total. The summed E-state index contributed by atoms with van der Waals surface area (Å²) in [6.07, 6.45) is 1.81. The molecule has 7 heteroatoms. The van der Waals surface area contributed by atoms with Crippen LogP contribution in [0.5, 0.6) is 11.5 Å². The fourth-order valence-electron chi connectivity index (χ4n) is 3.33. The van der Waals surface area contributed by atoms with Crippen LogP contribution in [0, 0.1) is 11.3 Å². The Hall–Kier alpha value is -2.52. The molecule has 1 aliphatic heterocycles. The summed E-state index contributed by atoms with van der Waals surface area (Å²) < 4.78 is 10.7. The van der Waals surface area contributed by atoms with Crippen LogP contribution in [-0.2, 0) is 12.0 Å². The fourth-order valence-corrected chi connectivity index (χ4v) is 3.68. The summed E-state index contributed by atoms with van der Waals surface area (Å²) in [6.45, 7) is 3.26. The molecule has 0 radical (unpaired) electrons.